The summed E-state index contributed by atoms with van der Waals surface area (Å²) in [5.74, 6) is -1.54. The smallest absolute Gasteiger partial charge is 0.337 e. The summed E-state index contributed by atoms with van der Waals surface area (Å²) in [6.45, 7) is 22.6. The second-order valence-electron chi connectivity index (χ2n) is 14.0. The van der Waals surface area contributed by atoms with Gasteiger partial charge in [-0.05, 0) is 109 Å². The molecule has 1 aliphatic carbocycles. The molecule has 0 radical (unpaired) electrons. The Hall–Kier alpha value is -1.83. The molecule has 0 bridgehead atoms. The average molecular weight is 663 g/mol. The van der Waals surface area contributed by atoms with Gasteiger partial charge in [0, 0.05) is 0 Å². The third-order valence-electron chi connectivity index (χ3n) is 7.02. The molecule has 0 aliphatic heterocycles. The summed E-state index contributed by atoms with van der Waals surface area (Å²) in [4.78, 5) is 38.8. The number of carbonyl (C=O) groups excluding carboxylic acids is 3. The van der Waals surface area contributed by atoms with E-state index in [1.807, 2.05) is 41.5 Å². The van der Waals surface area contributed by atoms with Crippen LogP contribution in [0.5, 0.6) is 0 Å². The fourth-order valence-electron chi connectivity index (χ4n) is 4.77. The van der Waals surface area contributed by atoms with E-state index in [9.17, 15) is 14.4 Å². The van der Waals surface area contributed by atoms with Crippen LogP contribution in [0.4, 0.5) is 0 Å². The lowest BCUT2D eigenvalue weighted by molar-refractivity contribution is -0.189. The molecule has 1 rings (SSSR count). The third-order valence-corrected chi connectivity index (χ3v) is 7.02. The van der Waals surface area contributed by atoms with Crippen molar-refractivity contribution in [3.63, 3.8) is 0 Å². The van der Waals surface area contributed by atoms with Crippen molar-refractivity contribution in [2.45, 2.75) is 162 Å². The van der Waals surface area contributed by atoms with Crippen molar-refractivity contribution in [3.8, 4) is 0 Å². The van der Waals surface area contributed by atoms with Gasteiger partial charge in [-0.25, -0.2) is 14.4 Å². The Labute approximate surface area is 276 Å². The van der Waals surface area contributed by atoms with Gasteiger partial charge in [-0.2, -0.15) is 0 Å². The molecule has 12 nitrogen and oxygen atoms in total. The molecule has 0 spiro atoms. The lowest BCUT2D eigenvalue weighted by atomic mass is 10.0. The molecule has 1 aliphatic rings. The molecule has 0 N–H and O–H groups in total. The first kappa shape index (κ1) is 42.2. The summed E-state index contributed by atoms with van der Waals surface area (Å²) in [7, 11) is 0. The predicted molar refractivity (Wildman–Crippen MR) is 171 cm³/mol. The molecule has 0 heterocycles. The van der Waals surface area contributed by atoms with Crippen LogP contribution in [-0.2, 0) is 57.0 Å². The van der Waals surface area contributed by atoms with Crippen LogP contribution in [0.15, 0.2) is 0 Å². The van der Waals surface area contributed by atoms with E-state index in [1.54, 1.807) is 41.5 Å². The zero-order valence-electron chi connectivity index (χ0n) is 30.4. The summed E-state index contributed by atoms with van der Waals surface area (Å²) < 4.78 is 51.7. The van der Waals surface area contributed by atoms with Crippen LogP contribution in [0.3, 0.4) is 0 Å². The minimum atomic E-state index is -1.29. The van der Waals surface area contributed by atoms with Crippen LogP contribution in [0.1, 0.15) is 109 Å². The van der Waals surface area contributed by atoms with Crippen LogP contribution in [-0.4, -0.2) is 111 Å². The van der Waals surface area contributed by atoms with Crippen LogP contribution in [0, 0.1) is 0 Å². The van der Waals surface area contributed by atoms with Crippen LogP contribution in [0.2, 0.25) is 0 Å². The zero-order valence-corrected chi connectivity index (χ0v) is 30.4. The Morgan fingerprint density at radius 1 is 0.478 bits per heavy atom. The SMILES string of the molecule is CC(C)OCCOC(=O)C(C)(C)OC1CCC(OC(C)(C)C(=O)OCCOC(C)C)CC(OC(C)(C)C(=O)OCCOC(C)C)C1. The van der Waals surface area contributed by atoms with Crippen molar-refractivity contribution in [2.24, 2.45) is 0 Å². The van der Waals surface area contributed by atoms with E-state index in [-0.39, 0.29) is 58.0 Å². The van der Waals surface area contributed by atoms with Gasteiger partial charge in [-0.1, -0.05) is 0 Å². The van der Waals surface area contributed by atoms with E-state index >= 15 is 0 Å². The van der Waals surface area contributed by atoms with E-state index in [0.29, 0.717) is 25.7 Å². The van der Waals surface area contributed by atoms with Gasteiger partial charge < -0.3 is 42.6 Å². The van der Waals surface area contributed by atoms with Gasteiger partial charge in [-0.3, -0.25) is 0 Å². The Morgan fingerprint density at radius 3 is 1.00 bits per heavy atom. The fourth-order valence-corrected chi connectivity index (χ4v) is 4.77. The van der Waals surface area contributed by atoms with E-state index in [2.05, 4.69) is 0 Å². The number of ether oxygens (including phenoxy) is 9. The molecule has 46 heavy (non-hydrogen) atoms. The summed E-state index contributed by atoms with van der Waals surface area (Å²) in [5.41, 5.74) is -3.79. The molecule has 1 fully saturated rings. The molecule has 0 aromatic heterocycles. The van der Waals surface area contributed by atoms with Crippen LogP contribution < -0.4 is 0 Å². The topological polar surface area (TPSA) is 134 Å². The van der Waals surface area contributed by atoms with Crippen molar-refractivity contribution in [1.82, 2.24) is 0 Å². The largest absolute Gasteiger partial charge is 0.461 e. The highest BCUT2D eigenvalue weighted by Crippen LogP contribution is 2.33. The van der Waals surface area contributed by atoms with Gasteiger partial charge in [0.15, 0.2) is 16.8 Å². The Kier molecular flexibility index (Phi) is 18.2. The number of hydrogen-bond acceptors (Lipinski definition) is 12. The van der Waals surface area contributed by atoms with Crippen molar-refractivity contribution in [3.05, 3.63) is 0 Å². The molecular weight excluding hydrogens is 600 g/mol. The zero-order chi connectivity index (χ0) is 35.1. The number of carbonyl (C=O) groups is 3. The fraction of sp³-hybridized carbons (Fsp3) is 0.912. The number of hydrogen-bond donors (Lipinski definition) is 0. The minimum Gasteiger partial charge on any atom is -0.461 e. The molecule has 0 aromatic rings. The number of esters is 3. The maximum atomic E-state index is 13.0. The second kappa shape index (κ2) is 19.9. The van der Waals surface area contributed by atoms with E-state index < -0.39 is 53.0 Å². The standard InChI is InChI=1S/C34H62O12/c1-23(2)38-15-18-41-29(35)32(7,8)44-26-13-14-27(45-33(9,10)30(36)42-19-16-39-24(3)4)22-28(21-26)46-34(11,12)31(37)43-20-17-40-25(5)6/h23-28H,13-22H2,1-12H3. The monoisotopic (exact) mass is 662 g/mol. The first-order valence-electron chi connectivity index (χ1n) is 16.6. The molecule has 0 amide bonds. The van der Waals surface area contributed by atoms with Crippen LogP contribution in [0.25, 0.3) is 0 Å². The van der Waals surface area contributed by atoms with Crippen molar-refractivity contribution >= 4 is 17.9 Å². The molecule has 1 saturated carbocycles. The van der Waals surface area contributed by atoms with Gasteiger partial charge >= 0.3 is 17.9 Å². The third kappa shape index (κ3) is 16.8. The van der Waals surface area contributed by atoms with Crippen molar-refractivity contribution < 1.29 is 57.0 Å². The Balaban J connectivity index is 3.02. The minimum absolute atomic E-state index is 0.0210. The van der Waals surface area contributed by atoms with Crippen LogP contribution >= 0.6 is 0 Å². The molecule has 0 aromatic carbocycles. The summed E-state index contributed by atoms with van der Waals surface area (Å²) in [6.07, 6.45) is 0.478. The maximum absolute atomic E-state index is 13.0. The highest BCUT2D eigenvalue weighted by molar-refractivity contribution is 5.79. The summed E-state index contributed by atoms with van der Waals surface area (Å²) >= 11 is 0. The molecule has 270 valence electrons. The average Bonchev–Trinajstić information content (AvgIpc) is 3.10. The Bertz CT molecular complexity index is 860. The number of rotatable bonds is 21. The van der Waals surface area contributed by atoms with E-state index in [0.717, 1.165) is 0 Å². The maximum Gasteiger partial charge on any atom is 0.337 e. The van der Waals surface area contributed by atoms with Gasteiger partial charge in [0.25, 0.3) is 0 Å². The first-order valence-corrected chi connectivity index (χ1v) is 16.6. The summed E-state index contributed by atoms with van der Waals surface area (Å²) in [6, 6.07) is 0. The molecule has 2 atom stereocenters. The highest BCUT2D eigenvalue weighted by Gasteiger charge is 2.42. The quantitative estimate of drug-likeness (QED) is 0.0712. The molecular formula is C34H62O12. The van der Waals surface area contributed by atoms with Gasteiger partial charge in [0.05, 0.1) is 56.4 Å². The summed E-state index contributed by atoms with van der Waals surface area (Å²) in [5, 5.41) is 0. The van der Waals surface area contributed by atoms with Gasteiger partial charge in [0.1, 0.15) is 19.8 Å². The lowest BCUT2D eigenvalue weighted by Crippen LogP contribution is -2.44. The molecule has 0 saturated heterocycles. The van der Waals surface area contributed by atoms with Gasteiger partial charge in [0.2, 0.25) is 0 Å². The predicted octanol–water partition coefficient (Wildman–Crippen LogP) is 4.96. The van der Waals surface area contributed by atoms with E-state index in [1.165, 1.54) is 0 Å². The lowest BCUT2D eigenvalue weighted by Gasteiger charge is -2.33. The first-order chi connectivity index (χ1) is 21.2. The van der Waals surface area contributed by atoms with Crippen molar-refractivity contribution in [1.29, 1.82) is 0 Å². The van der Waals surface area contributed by atoms with Gasteiger partial charge in [-0.15, -0.1) is 0 Å². The second-order valence-corrected chi connectivity index (χ2v) is 14.0. The molecule has 12 heteroatoms. The Morgan fingerprint density at radius 2 is 0.739 bits per heavy atom. The van der Waals surface area contributed by atoms with E-state index in [4.69, 9.17) is 42.6 Å². The normalized spacial score (nSPS) is 19.8. The molecule has 2 unspecified atom stereocenters. The highest BCUT2D eigenvalue weighted by atomic mass is 16.6. The van der Waals surface area contributed by atoms with Crippen molar-refractivity contribution in [2.75, 3.05) is 39.6 Å².